The lowest BCUT2D eigenvalue weighted by Gasteiger charge is -2.35. The van der Waals surface area contributed by atoms with Crippen LogP contribution in [0.1, 0.15) is 11.5 Å². The third-order valence-corrected chi connectivity index (χ3v) is 10.5. The zero-order chi connectivity index (χ0) is 28.4. The fraction of sp³-hybridized carbons (Fsp3) is 0.286. The van der Waals surface area contributed by atoms with Crippen molar-refractivity contribution in [3.63, 3.8) is 0 Å². The number of hydrogen-bond acceptors (Lipinski definition) is 14. The first-order valence-corrected chi connectivity index (χ1v) is 13.5. The molecule has 1 aliphatic heterocycles. The number of carbonyl (C=O) groups excluding carboxylic acids is 2. The molecule has 1 fully saturated rings. The van der Waals surface area contributed by atoms with E-state index in [1.54, 1.807) is 0 Å². The van der Waals surface area contributed by atoms with Gasteiger partial charge < -0.3 is 19.3 Å². The van der Waals surface area contributed by atoms with Gasteiger partial charge in [-0.3, -0.25) is 25.1 Å². The maximum Gasteiger partial charge on any atom is 0.325 e. The van der Waals surface area contributed by atoms with Crippen LogP contribution in [-0.2, 0) is 38.7 Å². The number of nitrogens with zero attached hydrogens (tertiary/aromatic N) is 2. The van der Waals surface area contributed by atoms with Gasteiger partial charge >= 0.3 is 11.9 Å². The van der Waals surface area contributed by atoms with Gasteiger partial charge in [0.05, 0.1) is 32.3 Å². The van der Waals surface area contributed by atoms with E-state index in [0.29, 0.717) is 0 Å². The van der Waals surface area contributed by atoms with Crippen LogP contribution < -0.4 is 10.2 Å². The number of hydrazone groups is 1. The van der Waals surface area contributed by atoms with Crippen LogP contribution in [0.2, 0.25) is 0 Å². The lowest BCUT2D eigenvalue weighted by Crippen LogP contribution is -2.58. The fourth-order valence-corrected chi connectivity index (χ4v) is 8.76. The zero-order valence-corrected chi connectivity index (χ0v) is 21.6. The Morgan fingerprint density at radius 3 is 1.92 bits per heavy atom. The van der Waals surface area contributed by atoms with E-state index in [1.165, 1.54) is 13.2 Å². The topological polar surface area (TPSA) is 218 Å². The van der Waals surface area contributed by atoms with Crippen LogP contribution in [0.3, 0.4) is 0 Å². The molecule has 17 heteroatoms. The Morgan fingerprint density at radius 1 is 0.947 bits per heavy atom. The number of methoxy groups -OCH3 is 3. The monoisotopic (exact) mass is 571 g/mol. The quantitative estimate of drug-likeness (QED) is 0.266. The molecule has 1 aliphatic rings. The van der Waals surface area contributed by atoms with E-state index in [9.17, 15) is 41.6 Å². The van der Waals surface area contributed by atoms with Crippen molar-refractivity contribution in [2.45, 2.75) is 16.4 Å². The number of ether oxygens (including phenoxy) is 3. The van der Waals surface area contributed by atoms with E-state index in [-0.39, 0.29) is 17.1 Å². The standard InChI is InChI=1S/C21H21N3O12S2/c1-34-13-8-9-14(15(10-13)24(28)29)22-23-21-37(30,31)17(19(26)35-2)16(11-4-6-12(25)7-5-11)18(20(27)36-3)38(21,32)33/h4-10,16-18,22,25H,1-3H3/t16?,17-,18-/m0/s1. The smallest absolute Gasteiger partial charge is 0.325 e. The van der Waals surface area contributed by atoms with E-state index in [0.717, 1.165) is 50.6 Å². The van der Waals surface area contributed by atoms with Crippen molar-refractivity contribution in [2.24, 2.45) is 5.10 Å². The normalized spacial score (nSPS) is 21.6. The van der Waals surface area contributed by atoms with E-state index in [1.807, 2.05) is 5.43 Å². The Kier molecular flexibility index (Phi) is 7.92. The average Bonchev–Trinajstić information content (AvgIpc) is 2.87. The molecule has 38 heavy (non-hydrogen) atoms. The highest BCUT2D eigenvalue weighted by Gasteiger charge is 2.63. The Hall–Kier alpha value is -4.25. The van der Waals surface area contributed by atoms with Crippen LogP contribution in [-0.4, -0.2) is 75.0 Å². The Labute approximate surface area is 216 Å². The predicted molar refractivity (Wildman–Crippen MR) is 131 cm³/mol. The minimum atomic E-state index is -5.22. The summed E-state index contributed by atoms with van der Waals surface area (Å²) in [6, 6.07) is 7.79. The maximum absolute atomic E-state index is 13.6. The fourth-order valence-electron chi connectivity index (χ4n) is 3.87. The van der Waals surface area contributed by atoms with Crippen LogP contribution in [0.25, 0.3) is 0 Å². The molecule has 0 spiro atoms. The van der Waals surface area contributed by atoms with Crippen molar-refractivity contribution < 1.29 is 50.7 Å². The summed E-state index contributed by atoms with van der Waals surface area (Å²) in [4.78, 5) is 36.1. The van der Waals surface area contributed by atoms with Gasteiger partial charge in [-0.05, 0) is 29.8 Å². The molecule has 2 aromatic rings. The van der Waals surface area contributed by atoms with Gasteiger partial charge in [-0.1, -0.05) is 12.1 Å². The van der Waals surface area contributed by atoms with Gasteiger partial charge in [0.1, 0.15) is 17.2 Å². The van der Waals surface area contributed by atoms with Crippen LogP contribution in [0.4, 0.5) is 11.4 Å². The van der Waals surface area contributed by atoms with Gasteiger partial charge in [0, 0.05) is 5.92 Å². The second-order valence-corrected chi connectivity index (χ2v) is 12.0. The summed E-state index contributed by atoms with van der Waals surface area (Å²) in [5, 5.41) is 19.9. The third-order valence-electron chi connectivity index (χ3n) is 5.62. The molecule has 0 unspecified atom stereocenters. The number of nitrogens with one attached hydrogen (secondary N) is 1. The summed E-state index contributed by atoms with van der Waals surface area (Å²) in [6.07, 6.45) is 0. The summed E-state index contributed by atoms with van der Waals surface area (Å²) in [7, 11) is -7.48. The lowest BCUT2D eigenvalue weighted by atomic mass is 9.91. The van der Waals surface area contributed by atoms with Gasteiger partial charge in [0.2, 0.25) is 19.7 Å². The SMILES string of the molecule is COC(=O)[C@@H]1C(c2ccc(O)cc2)[C@@H](C(=O)OC)S(=O)(=O)C(=NNc2ccc(OC)cc2[N+](=O)[O-])S1(=O)=O. The number of nitro benzene ring substituents is 1. The molecule has 0 aromatic heterocycles. The molecule has 0 bridgehead atoms. The highest BCUT2D eigenvalue weighted by molar-refractivity contribution is 8.32. The summed E-state index contributed by atoms with van der Waals surface area (Å²) in [5.74, 6) is -4.86. The second kappa shape index (κ2) is 10.6. The number of anilines is 1. The summed E-state index contributed by atoms with van der Waals surface area (Å²) >= 11 is 0. The molecule has 15 nitrogen and oxygen atoms in total. The molecular weight excluding hydrogens is 550 g/mol. The van der Waals surface area contributed by atoms with Gasteiger partial charge in [-0.25, -0.2) is 16.8 Å². The van der Waals surface area contributed by atoms with E-state index >= 15 is 0 Å². The third kappa shape index (κ3) is 4.97. The number of aromatic hydroxyl groups is 1. The number of nitro groups is 1. The Morgan fingerprint density at radius 2 is 1.47 bits per heavy atom. The molecule has 0 aliphatic carbocycles. The first-order chi connectivity index (χ1) is 17.8. The Balaban J connectivity index is 2.28. The molecular formula is C21H21N3O12S2. The van der Waals surface area contributed by atoms with E-state index < -0.39 is 68.7 Å². The molecule has 0 radical (unpaired) electrons. The number of benzene rings is 2. The minimum absolute atomic E-state index is 0.0704. The molecule has 2 aromatic carbocycles. The highest BCUT2D eigenvalue weighted by Crippen LogP contribution is 2.41. The number of phenolic OH excluding ortho intramolecular Hbond substituents is 1. The van der Waals surface area contributed by atoms with Crippen molar-refractivity contribution in [2.75, 3.05) is 26.8 Å². The molecule has 204 valence electrons. The zero-order valence-electron chi connectivity index (χ0n) is 19.9. The van der Waals surface area contributed by atoms with Crippen LogP contribution >= 0.6 is 0 Å². The second-order valence-electron chi connectivity index (χ2n) is 7.72. The van der Waals surface area contributed by atoms with Crippen LogP contribution in [0.15, 0.2) is 47.6 Å². The van der Waals surface area contributed by atoms with E-state index in [2.05, 4.69) is 14.6 Å². The number of phenols is 1. The predicted octanol–water partition coefficient (Wildman–Crippen LogP) is 0.702. The first-order valence-electron chi connectivity index (χ1n) is 10.4. The van der Waals surface area contributed by atoms with Gasteiger partial charge in [-0.2, -0.15) is 5.10 Å². The van der Waals surface area contributed by atoms with Gasteiger partial charge in [-0.15, -0.1) is 0 Å². The Bertz CT molecular complexity index is 1460. The van der Waals surface area contributed by atoms with Crippen molar-refractivity contribution in [1.29, 1.82) is 0 Å². The van der Waals surface area contributed by atoms with Gasteiger partial charge in [0.15, 0.2) is 10.5 Å². The van der Waals surface area contributed by atoms with Crippen molar-refractivity contribution >= 4 is 47.4 Å². The minimum Gasteiger partial charge on any atom is -0.508 e. The average molecular weight is 572 g/mol. The molecule has 2 atom stereocenters. The van der Waals surface area contributed by atoms with Crippen LogP contribution in [0, 0.1) is 10.1 Å². The molecule has 1 heterocycles. The summed E-state index contributed by atoms with van der Waals surface area (Å²) in [5.41, 5.74) is 0.865. The molecule has 3 rings (SSSR count). The molecule has 1 saturated heterocycles. The summed E-state index contributed by atoms with van der Waals surface area (Å²) < 4.78 is 66.8. The molecule has 0 saturated carbocycles. The summed E-state index contributed by atoms with van der Waals surface area (Å²) in [6.45, 7) is 0. The molecule has 2 N–H and O–H groups in total. The highest BCUT2D eigenvalue weighted by atomic mass is 32.3. The molecule has 0 amide bonds. The number of hydrogen-bond donors (Lipinski definition) is 2. The maximum atomic E-state index is 13.6. The number of sulfone groups is 2. The first kappa shape index (κ1) is 28.3. The van der Waals surface area contributed by atoms with Crippen molar-refractivity contribution in [3.05, 3.63) is 58.1 Å². The largest absolute Gasteiger partial charge is 0.508 e. The van der Waals surface area contributed by atoms with Crippen LogP contribution in [0.5, 0.6) is 11.5 Å². The number of carbonyl (C=O) groups is 2. The van der Waals surface area contributed by atoms with Gasteiger partial charge in [0.25, 0.3) is 10.1 Å². The number of esters is 2. The van der Waals surface area contributed by atoms with Crippen molar-refractivity contribution in [1.82, 2.24) is 0 Å². The van der Waals surface area contributed by atoms with Crippen molar-refractivity contribution in [3.8, 4) is 11.5 Å². The van der Waals surface area contributed by atoms with E-state index in [4.69, 9.17) is 4.74 Å². The lowest BCUT2D eigenvalue weighted by molar-refractivity contribution is -0.384. The number of rotatable bonds is 7.